The fourth-order valence-corrected chi connectivity index (χ4v) is 2.91. The van der Waals surface area contributed by atoms with Crippen LogP contribution in [0.15, 0.2) is 23.2 Å². The van der Waals surface area contributed by atoms with Gasteiger partial charge in [0.1, 0.15) is 0 Å². The van der Waals surface area contributed by atoms with Crippen LogP contribution in [0.25, 0.3) is 0 Å². The lowest BCUT2D eigenvalue weighted by atomic mass is 9.84. The Bertz CT molecular complexity index is 569. The van der Waals surface area contributed by atoms with E-state index in [-0.39, 0.29) is 29.4 Å². The standard InChI is InChI=1S/C17H25N3O2.HI/c1-17(2,11-19-16(18)20-8-4-3-5-9-20)13-6-7-14-15(10-13)22-12-21-14;/h6-7,10H,3-5,8-9,11-12H2,1-2H3,(H2,18,19);1H. The Kier molecular flexibility index (Phi) is 6.00. The molecule has 0 bridgehead atoms. The lowest BCUT2D eigenvalue weighted by Gasteiger charge is -2.29. The van der Waals surface area contributed by atoms with Crippen LogP contribution in [0.1, 0.15) is 38.7 Å². The van der Waals surface area contributed by atoms with E-state index in [1.165, 1.54) is 24.8 Å². The van der Waals surface area contributed by atoms with E-state index in [4.69, 9.17) is 15.2 Å². The van der Waals surface area contributed by atoms with Gasteiger partial charge in [-0.15, -0.1) is 24.0 Å². The molecule has 0 unspecified atom stereocenters. The van der Waals surface area contributed by atoms with Crippen molar-refractivity contribution in [2.45, 2.75) is 38.5 Å². The summed E-state index contributed by atoms with van der Waals surface area (Å²) in [6.07, 6.45) is 3.72. The fourth-order valence-electron chi connectivity index (χ4n) is 2.91. The van der Waals surface area contributed by atoms with Gasteiger partial charge in [-0.3, -0.25) is 4.99 Å². The predicted molar refractivity (Wildman–Crippen MR) is 103 cm³/mol. The molecule has 2 heterocycles. The van der Waals surface area contributed by atoms with Gasteiger partial charge in [0, 0.05) is 18.5 Å². The number of ether oxygens (including phenoxy) is 2. The largest absolute Gasteiger partial charge is 0.454 e. The van der Waals surface area contributed by atoms with Crippen molar-refractivity contribution in [2.24, 2.45) is 10.7 Å². The van der Waals surface area contributed by atoms with E-state index in [1.54, 1.807) is 0 Å². The maximum absolute atomic E-state index is 6.16. The minimum Gasteiger partial charge on any atom is -0.454 e. The molecule has 1 saturated heterocycles. The minimum absolute atomic E-state index is 0. The molecule has 0 saturated carbocycles. The minimum atomic E-state index is -0.0958. The van der Waals surface area contributed by atoms with Crippen molar-refractivity contribution in [1.29, 1.82) is 0 Å². The first-order valence-corrected chi connectivity index (χ1v) is 8.01. The Hall–Kier alpha value is -1.18. The van der Waals surface area contributed by atoms with E-state index in [2.05, 4.69) is 35.9 Å². The van der Waals surface area contributed by atoms with Crippen molar-refractivity contribution in [3.63, 3.8) is 0 Å². The summed E-state index contributed by atoms with van der Waals surface area (Å²) in [7, 11) is 0. The third kappa shape index (κ3) is 4.22. The summed E-state index contributed by atoms with van der Waals surface area (Å²) in [6.45, 7) is 7.38. The van der Waals surface area contributed by atoms with E-state index < -0.39 is 0 Å². The summed E-state index contributed by atoms with van der Waals surface area (Å²) in [5, 5.41) is 0. The van der Waals surface area contributed by atoms with E-state index in [9.17, 15) is 0 Å². The Balaban J connectivity index is 0.00000192. The summed E-state index contributed by atoms with van der Waals surface area (Å²) in [5.74, 6) is 2.31. The molecule has 6 heteroatoms. The van der Waals surface area contributed by atoms with E-state index in [1.807, 2.05) is 6.07 Å². The summed E-state index contributed by atoms with van der Waals surface area (Å²) in [6, 6.07) is 6.10. The lowest BCUT2D eigenvalue weighted by molar-refractivity contribution is 0.174. The SMILES string of the molecule is CC(C)(CN=C(N)N1CCCCC1)c1ccc2c(c1)OCO2.I. The van der Waals surface area contributed by atoms with Crippen LogP contribution in [0.2, 0.25) is 0 Å². The van der Waals surface area contributed by atoms with Crippen molar-refractivity contribution < 1.29 is 9.47 Å². The van der Waals surface area contributed by atoms with Gasteiger partial charge in [-0.25, -0.2) is 0 Å². The van der Waals surface area contributed by atoms with Gasteiger partial charge >= 0.3 is 0 Å². The molecule has 3 rings (SSSR count). The first-order chi connectivity index (χ1) is 10.6. The lowest BCUT2D eigenvalue weighted by Crippen LogP contribution is -2.41. The number of fused-ring (bicyclic) bond motifs is 1. The molecule has 23 heavy (non-hydrogen) atoms. The molecule has 1 aromatic carbocycles. The fraction of sp³-hybridized carbons (Fsp3) is 0.588. The smallest absolute Gasteiger partial charge is 0.231 e. The van der Waals surface area contributed by atoms with Crippen molar-refractivity contribution in [3.8, 4) is 11.5 Å². The van der Waals surface area contributed by atoms with Gasteiger partial charge in [0.2, 0.25) is 6.79 Å². The molecule has 2 N–H and O–H groups in total. The number of aliphatic imine (C=N–C) groups is 1. The third-order valence-corrected chi connectivity index (χ3v) is 4.47. The summed E-state index contributed by atoms with van der Waals surface area (Å²) in [5.41, 5.74) is 7.25. The molecule has 0 atom stereocenters. The number of halogens is 1. The topological polar surface area (TPSA) is 60.1 Å². The van der Waals surface area contributed by atoms with Gasteiger partial charge in [0.15, 0.2) is 17.5 Å². The molecule has 0 radical (unpaired) electrons. The maximum atomic E-state index is 6.16. The van der Waals surface area contributed by atoms with Crippen LogP contribution in [-0.2, 0) is 5.41 Å². The van der Waals surface area contributed by atoms with Gasteiger partial charge in [0.05, 0.1) is 6.54 Å². The van der Waals surface area contributed by atoms with Gasteiger partial charge in [0.25, 0.3) is 0 Å². The van der Waals surface area contributed by atoms with Gasteiger partial charge in [-0.2, -0.15) is 0 Å². The van der Waals surface area contributed by atoms with E-state index in [0.717, 1.165) is 24.6 Å². The number of benzene rings is 1. The number of guanidine groups is 1. The van der Waals surface area contributed by atoms with Crippen molar-refractivity contribution in [1.82, 2.24) is 4.90 Å². The van der Waals surface area contributed by atoms with Crippen LogP contribution in [0.4, 0.5) is 0 Å². The van der Waals surface area contributed by atoms with Crippen LogP contribution in [0, 0.1) is 0 Å². The average Bonchev–Trinajstić information content (AvgIpc) is 3.01. The van der Waals surface area contributed by atoms with Crippen LogP contribution in [-0.4, -0.2) is 37.3 Å². The number of likely N-dealkylation sites (tertiary alicyclic amines) is 1. The highest BCUT2D eigenvalue weighted by atomic mass is 127. The predicted octanol–water partition coefficient (Wildman–Crippen LogP) is 3.11. The average molecular weight is 431 g/mol. The van der Waals surface area contributed by atoms with Gasteiger partial charge < -0.3 is 20.1 Å². The second kappa shape index (κ2) is 7.59. The molecule has 5 nitrogen and oxygen atoms in total. The number of hydrogen-bond acceptors (Lipinski definition) is 3. The molecule has 0 aliphatic carbocycles. The van der Waals surface area contributed by atoms with Crippen LogP contribution < -0.4 is 15.2 Å². The number of nitrogens with two attached hydrogens (primary N) is 1. The number of hydrogen-bond donors (Lipinski definition) is 1. The highest BCUT2D eigenvalue weighted by Gasteiger charge is 2.24. The van der Waals surface area contributed by atoms with E-state index >= 15 is 0 Å². The first kappa shape index (κ1) is 18.2. The first-order valence-electron chi connectivity index (χ1n) is 8.01. The molecule has 2 aliphatic heterocycles. The molecule has 128 valence electrons. The Labute approximate surface area is 155 Å². The van der Waals surface area contributed by atoms with Crippen LogP contribution in [0.3, 0.4) is 0 Å². The van der Waals surface area contributed by atoms with Crippen molar-refractivity contribution in [3.05, 3.63) is 23.8 Å². The van der Waals surface area contributed by atoms with Gasteiger partial charge in [-0.1, -0.05) is 19.9 Å². The molecular formula is C17H26IN3O2. The molecule has 2 aliphatic rings. The zero-order valence-electron chi connectivity index (χ0n) is 13.9. The zero-order chi connectivity index (χ0) is 15.6. The monoisotopic (exact) mass is 431 g/mol. The highest BCUT2D eigenvalue weighted by molar-refractivity contribution is 14.0. The van der Waals surface area contributed by atoms with Crippen molar-refractivity contribution in [2.75, 3.05) is 26.4 Å². The normalized spacial score (nSPS) is 17.8. The summed E-state index contributed by atoms with van der Waals surface area (Å²) >= 11 is 0. The Morgan fingerprint density at radius 3 is 2.61 bits per heavy atom. The molecular weight excluding hydrogens is 405 g/mol. The molecule has 1 fully saturated rings. The quantitative estimate of drug-likeness (QED) is 0.454. The summed E-state index contributed by atoms with van der Waals surface area (Å²) < 4.78 is 10.8. The second-order valence-corrected chi connectivity index (χ2v) is 6.67. The number of nitrogens with zero attached hydrogens (tertiary/aromatic N) is 2. The summed E-state index contributed by atoms with van der Waals surface area (Å²) in [4.78, 5) is 6.83. The zero-order valence-corrected chi connectivity index (χ0v) is 16.2. The molecule has 0 amide bonds. The molecule has 0 aromatic heterocycles. The molecule has 1 aromatic rings. The molecule has 0 spiro atoms. The Morgan fingerprint density at radius 2 is 1.87 bits per heavy atom. The maximum Gasteiger partial charge on any atom is 0.231 e. The number of piperidine rings is 1. The Morgan fingerprint density at radius 1 is 1.17 bits per heavy atom. The highest BCUT2D eigenvalue weighted by Crippen LogP contribution is 2.36. The second-order valence-electron chi connectivity index (χ2n) is 6.67. The number of rotatable bonds is 3. The van der Waals surface area contributed by atoms with E-state index in [0.29, 0.717) is 19.3 Å². The third-order valence-electron chi connectivity index (χ3n) is 4.47. The van der Waals surface area contributed by atoms with Crippen LogP contribution in [0.5, 0.6) is 11.5 Å². The van der Waals surface area contributed by atoms with Gasteiger partial charge in [-0.05, 0) is 37.0 Å². The van der Waals surface area contributed by atoms with Crippen LogP contribution >= 0.6 is 24.0 Å². The van der Waals surface area contributed by atoms with Crippen molar-refractivity contribution >= 4 is 29.9 Å².